The monoisotopic (exact) mass is 599 g/mol. The Morgan fingerprint density at radius 2 is 1.23 bits per heavy atom. The molecular formula is C37H49N3O4. The quantitative estimate of drug-likeness (QED) is 0.157. The van der Waals surface area contributed by atoms with Crippen LogP contribution >= 0.6 is 0 Å². The smallest absolute Gasteiger partial charge is 0.226 e. The first-order chi connectivity index (χ1) is 21.3. The van der Waals surface area contributed by atoms with Gasteiger partial charge in [0.05, 0.1) is 6.61 Å². The minimum atomic E-state index is 0.0580. The Kier molecular flexibility index (Phi) is 15.0. The highest BCUT2D eigenvalue weighted by molar-refractivity contribution is 5.92. The van der Waals surface area contributed by atoms with E-state index in [0.29, 0.717) is 32.4 Å². The Bertz CT molecular complexity index is 1290. The summed E-state index contributed by atoms with van der Waals surface area (Å²) in [6, 6.07) is 24.6. The highest BCUT2D eigenvalue weighted by Gasteiger charge is 2.11. The van der Waals surface area contributed by atoms with Gasteiger partial charge in [0.1, 0.15) is 5.75 Å². The maximum absolute atomic E-state index is 12.7. The molecule has 0 fully saturated rings. The lowest BCUT2D eigenvalue weighted by atomic mass is 10.1. The highest BCUT2D eigenvalue weighted by Crippen LogP contribution is 2.18. The molecule has 0 bridgehead atoms. The minimum Gasteiger partial charge on any atom is -0.494 e. The van der Waals surface area contributed by atoms with Crippen molar-refractivity contribution in [2.45, 2.75) is 77.6 Å². The van der Waals surface area contributed by atoms with Gasteiger partial charge in [-0.25, -0.2) is 0 Å². The zero-order valence-electron chi connectivity index (χ0n) is 26.7. The third-order valence-electron chi connectivity index (χ3n) is 7.80. The van der Waals surface area contributed by atoms with Crippen LogP contribution in [0.3, 0.4) is 0 Å². The summed E-state index contributed by atoms with van der Waals surface area (Å²) in [6.07, 6.45) is 8.41. The van der Waals surface area contributed by atoms with E-state index >= 15 is 0 Å². The van der Waals surface area contributed by atoms with Gasteiger partial charge in [0.15, 0.2) is 0 Å². The second-order valence-corrected chi connectivity index (χ2v) is 11.4. The van der Waals surface area contributed by atoms with Crippen molar-refractivity contribution in [2.75, 3.05) is 32.1 Å². The molecule has 7 heteroatoms. The topological polar surface area (TPSA) is 87.7 Å². The number of benzene rings is 3. The molecule has 0 aliphatic carbocycles. The lowest BCUT2D eigenvalue weighted by Gasteiger charge is -2.18. The van der Waals surface area contributed by atoms with Gasteiger partial charge in [-0.15, -0.1) is 0 Å². The average molecular weight is 600 g/mol. The van der Waals surface area contributed by atoms with E-state index in [1.165, 1.54) is 16.7 Å². The van der Waals surface area contributed by atoms with Crippen LogP contribution in [-0.4, -0.2) is 45.0 Å². The molecule has 3 amide bonds. The van der Waals surface area contributed by atoms with Gasteiger partial charge in [-0.2, -0.15) is 0 Å². The van der Waals surface area contributed by atoms with E-state index in [0.717, 1.165) is 68.4 Å². The standard InChI is InChI=1S/C37H49N3O4/c1-29-14-16-31(17-15-29)10-8-13-37(43)40(3)33-22-18-30(19-23-33)9-4-5-12-36(42)39-27-26-32-20-24-34(25-21-32)44-28-7-6-11-35(41)38-2/h14-25H,4-13,26-28H2,1-3H3,(H,38,41)(H,39,42). The average Bonchev–Trinajstić information content (AvgIpc) is 3.04. The number of amides is 3. The van der Waals surface area contributed by atoms with Gasteiger partial charge in [0, 0.05) is 45.6 Å². The first-order valence-electron chi connectivity index (χ1n) is 15.9. The maximum Gasteiger partial charge on any atom is 0.226 e. The number of unbranched alkanes of at least 4 members (excludes halogenated alkanes) is 2. The van der Waals surface area contributed by atoms with Crippen molar-refractivity contribution in [3.05, 3.63) is 95.1 Å². The number of carbonyl (C=O) groups is 3. The van der Waals surface area contributed by atoms with Gasteiger partial charge < -0.3 is 20.3 Å². The zero-order valence-corrected chi connectivity index (χ0v) is 26.7. The number of hydrogen-bond donors (Lipinski definition) is 2. The summed E-state index contributed by atoms with van der Waals surface area (Å²) in [6.45, 7) is 3.28. The van der Waals surface area contributed by atoms with Crippen LogP contribution in [-0.2, 0) is 33.6 Å². The number of nitrogens with one attached hydrogen (secondary N) is 2. The first-order valence-corrected chi connectivity index (χ1v) is 15.9. The van der Waals surface area contributed by atoms with Gasteiger partial charge in [0.2, 0.25) is 17.7 Å². The fourth-order valence-corrected chi connectivity index (χ4v) is 4.90. The summed E-state index contributed by atoms with van der Waals surface area (Å²) in [5.41, 5.74) is 5.79. The van der Waals surface area contributed by atoms with Crippen LogP contribution in [0.25, 0.3) is 0 Å². The summed E-state index contributed by atoms with van der Waals surface area (Å²) in [4.78, 5) is 37.9. The van der Waals surface area contributed by atoms with Crippen LogP contribution in [0.15, 0.2) is 72.8 Å². The molecule has 0 aliphatic heterocycles. The summed E-state index contributed by atoms with van der Waals surface area (Å²) >= 11 is 0. The Morgan fingerprint density at radius 1 is 0.659 bits per heavy atom. The van der Waals surface area contributed by atoms with Crippen LogP contribution in [0, 0.1) is 6.92 Å². The number of ether oxygens (including phenoxy) is 1. The second kappa shape index (κ2) is 19.2. The van der Waals surface area contributed by atoms with Crippen molar-refractivity contribution in [1.29, 1.82) is 0 Å². The molecule has 0 unspecified atom stereocenters. The molecule has 3 rings (SSSR count). The van der Waals surface area contributed by atoms with E-state index in [1.807, 2.05) is 43.4 Å². The molecule has 7 nitrogen and oxygen atoms in total. The molecule has 0 radical (unpaired) electrons. The normalized spacial score (nSPS) is 10.7. The third kappa shape index (κ3) is 13.0. The zero-order chi connectivity index (χ0) is 31.6. The predicted octanol–water partition coefficient (Wildman–Crippen LogP) is 6.35. The number of anilines is 1. The summed E-state index contributed by atoms with van der Waals surface area (Å²) < 4.78 is 5.74. The van der Waals surface area contributed by atoms with E-state index in [4.69, 9.17) is 4.74 Å². The van der Waals surface area contributed by atoms with E-state index in [-0.39, 0.29) is 17.7 Å². The highest BCUT2D eigenvalue weighted by atomic mass is 16.5. The Balaban J connectivity index is 1.24. The van der Waals surface area contributed by atoms with Crippen LogP contribution in [0.4, 0.5) is 5.69 Å². The first kappa shape index (κ1) is 34.4. The van der Waals surface area contributed by atoms with Crippen molar-refractivity contribution in [1.82, 2.24) is 10.6 Å². The summed E-state index contributed by atoms with van der Waals surface area (Å²) in [5, 5.41) is 5.64. The SMILES string of the molecule is CNC(=O)CCCCOc1ccc(CCNC(=O)CCCCc2ccc(N(C)C(=O)CCCc3ccc(C)cc3)cc2)cc1. The number of carbonyl (C=O) groups excluding carboxylic acids is 3. The van der Waals surface area contributed by atoms with Crippen LogP contribution in [0.5, 0.6) is 5.75 Å². The lowest BCUT2D eigenvalue weighted by Crippen LogP contribution is -2.25. The molecule has 2 N–H and O–H groups in total. The van der Waals surface area contributed by atoms with Gasteiger partial charge >= 0.3 is 0 Å². The van der Waals surface area contributed by atoms with E-state index in [2.05, 4.69) is 54.0 Å². The van der Waals surface area contributed by atoms with Crippen molar-refractivity contribution in [3.63, 3.8) is 0 Å². The third-order valence-corrected chi connectivity index (χ3v) is 7.80. The Labute approximate surface area is 263 Å². The largest absolute Gasteiger partial charge is 0.494 e. The van der Waals surface area contributed by atoms with Crippen molar-refractivity contribution in [3.8, 4) is 5.75 Å². The van der Waals surface area contributed by atoms with Gasteiger partial charge in [-0.1, -0.05) is 54.1 Å². The molecule has 236 valence electrons. The molecule has 0 atom stereocenters. The van der Waals surface area contributed by atoms with Gasteiger partial charge in [-0.3, -0.25) is 14.4 Å². The number of hydrogen-bond acceptors (Lipinski definition) is 4. The molecule has 0 aliphatic rings. The van der Waals surface area contributed by atoms with Crippen molar-refractivity contribution in [2.24, 2.45) is 0 Å². The second-order valence-electron chi connectivity index (χ2n) is 11.4. The molecule has 0 heterocycles. The van der Waals surface area contributed by atoms with Crippen LogP contribution < -0.4 is 20.3 Å². The summed E-state index contributed by atoms with van der Waals surface area (Å²) in [7, 11) is 3.49. The number of nitrogens with zero attached hydrogens (tertiary/aromatic N) is 1. The van der Waals surface area contributed by atoms with Gasteiger partial charge in [0.25, 0.3) is 0 Å². The molecule has 0 saturated heterocycles. The minimum absolute atomic E-state index is 0.0580. The van der Waals surface area contributed by atoms with Crippen LogP contribution in [0.2, 0.25) is 0 Å². The molecule has 0 spiro atoms. The van der Waals surface area contributed by atoms with E-state index in [9.17, 15) is 14.4 Å². The van der Waals surface area contributed by atoms with Crippen LogP contribution in [0.1, 0.15) is 73.6 Å². The molecule has 3 aromatic rings. The summed E-state index contributed by atoms with van der Waals surface area (Å²) in [5.74, 6) is 1.09. The Morgan fingerprint density at radius 3 is 1.91 bits per heavy atom. The molecule has 0 aromatic heterocycles. The fourth-order valence-electron chi connectivity index (χ4n) is 4.90. The molecule has 44 heavy (non-hydrogen) atoms. The molecule has 3 aromatic carbocycles. The number of aryl methyl sites for hydroxylation is 3. The van der Waals surface area contributed by atoms with Gasteiger partial charge in [-0.05, 0) is 99.2 Å². The fraction of sp³-hybridized carbons (Fsp3) is 0.432. The van der Waals surface area contributed by atoms with E-state index < -0.39 is 0 Å². The predicted molar refractivity (Wildman–Crippen MR) is 178 cm³/mol. The lowest BCUT2D eigenvalue weighted by molar-refractivity contribution is -0.121. The van der Waals surface area contributed by atoms with E-state index in [1.54, 1.807) is 11.9 Å². The number of rotatable bonds is 19. The molecule has 0 saturated carbocycles. The maximum atomic E-state index is 12.7. The van der Waals surface area contributed by atoms with Crippen molar-refractivity contribution < 1.29 is 19.1 Å². The van der Waals surface area contributed by atoms with Crippen molar-refractivity contribution >= 4 is 23.4 Å². The molecular weight excluding hydrogens is 550 g/mol. The Hall–Kier alpha value is -4.13.